The molecule has 1 atom stereocenters. The van der Waals surface area contributed by atoms with Crippen molar-refractivity contribution in [3.8, 4) is 11.5 Å². The molecule has 0 aliphatic heterocycles. The van der Waals surface area contributed by atoms with E-state index in [0.29, 0.717) is 18.5 Å². The molecule has 0 aliphatic carbocycles. The number of rotatable bonds is 14. The molecular formula is C44H62N6O3. The predicted molar refractivity (Wildman–Crippen MR) is 222 cm³/mol. The van der Waals surface area contributed by atoms with Crippen molar-refractivity contribution in [1.82, 2.24) is 15.6 Å². The number of carbonyl (C=O) groups is 2. The monoisotopic (exact) mass is 722 g/mol. The average Bonchev–Trinajstić information content (AvgIpc) is 3.20. The standard InChI is InChI=1S/C31H31N3O2.C8H18N2.C3H7NO.C2H6/c1-4-22(2)30(25-11-8-14-28(18-25)36-27-12-6-5-7-13-27)34-29-19-26(16-15-23(29)3)31(35)33-21-24-10-9-17-32-20-24;1-4-6-10-8(9)7(3)5-2;1-2-3(4)5;1-2/h5-20,22H,4,21H2,1-3H3,(H,33,35);10H,4-6,9H2,1-3H3;2H2,1H3,(H2,4,5);1-2H3/b;8-7+;;. The van der Waals surface area contributed by atoms with Gasteiger partial charge in [0.1, 0.15) is 11.5 Å². The van der Waals surface area contributed by atoms with Crippen LogP contribution in [0.3, 0.4) is 0 Å². The van der Waals surface area contributed by atoms with Gasteiger partial charge in [-0.2, -0.15) is 0 Å². The molecule has 0 fully saturated rings. The second-order valence-electron chi connectivity index (χ2n) is 12.1. The maximum Gasteiger partial charge on any atom is 0.251 e. The summed E-state index contributed by atoms with van der Waals surface area (Å²) in [6.07, 6.45) is 7.00. The first-order valence-electron chi connectivity index (χ1n) is 18.7. The lowest BCUT2D eigenvalue weighted by Crippen LogP contribution is -2.22. The van der Waals surface area contributed by atoms with Crippen LogP contribution in [0.5, 0.6) is 11.5 Å². The molecule has 4 aromatic rings. The number of aryl methyl sites for hydroxylation is 1. The van der Waals surface area contributed by atoms with Gasteiger partial charge >= 0.3 is 0 Å². The molecule has 0 aliphatic rings. The molecule has 3 aromatic carbocycles. The Morgan fingerprint density at radius 2 is 1.51 bits per heavy atom. The van der Waals surface area contributed by atoms with E-state index in [1.54, 1.807) is 19.3 Å². The zero-order valence-electron chi connectivity index (χ0n) is 33.3. The molecule has 0 saturated carbocycles. The van der Waals surface area contributed by atoms with E-state index in [0.717, 1.165) is 71.2 Å². The Bertz CT molecular complexity index is 1710. The number of carbonyl (C=O) groups excluding carboxylic acids is 2. The minimum atomic E-state index is -0.245. The first-order chi connectivity index (χ1) is 25.5. The Kier molecular flexibility index (Phi) is 22.7. The molecule has 0 radical (unpaired) electrons. The molecule has 1 aromatic heterocycles. The van der Waals surface area contributed by atoms with Gasteiger partial charge in [-0.3, -0.25) is 19.6 Å². The van der Waals surface area contributed by atoms with E-state index in [-0.39, 0.29) is 17.7 Å². The number of aliphatic imine (C=N–C) groups is 1. The average molecular weight is 723 g/mol. The second kappa shape index (κ2) is 26.4. The Morgan fingerprint density at radius 1 is 0.830 bits per heavy atom. The number of pyridine rings is 1. The Labute approximate surface area is 318 Å². The van der Waals surface area contributed by atoms with Crippen molar-refractivity contribution in [3.63, 3.8) is 0 Å². The van der Waals surface area contributed by atoms with Crippen molar-refractivity contribution in [3.05, 3.63) is 131 Å². The Hall–Kier alpha value is -5.44. The van der Waals surface area contributed by atoms with Crippen LogP contribution in [-0.4, -0.2) is 29.1 Å². The minimum Gasteiger partial charge on any atom is -0.457 e. The van der Waals surface area contributed by atoms with E-state index < -0.39 is 0 Å². The molecule has 286 valence electrons. The van der Waals surface area contributed by atoms with Crippen LogP contribution in [-0.2, 0) is 11.3 Å². The quantitative estimate of drug-likeness (QED) is 0.0954. The lowest BCUT2D eigenvalue weighted by atomic mass is 9.95. The normalized spacial score (nSPS) is 11.5. The number of nitrogens with two attached hydrogens (primary N) is 2. The molecule has 4 rings (SSSR count). The number of nitrogens with one attached hydrogen (secondary N) is 2. The minimum absolute atomic E-state index is 0.140. The van der Waals surface area contributed by atoms with Crippen LogP contribution in [0.2, 0.25) is 0 Å². The van der Waals surface area contributed by atoms with Gasteiger partial charge in [-0.25, -0.2) is 0 Å². The summed E-state index contributed by atoms with van der Waals surface area (Å²) in [5.74, 6) is 2.24. The highest BCUT2D eigenvalue weighted by Crippen LogP contribution is 2.27. The van der Waals surface area contributed by atoms with Gasteiger partial charge in [-0.15, -0.1) is 0 Å². The van der Waals surface area contributed by atoms with Crippen LogP contribution < -0.4 is 26.8 Å². The Morgan fingerprint density at radius 3 is 2.09 bits per heavy atom. The predicted octanol–water partition coefficient (Wildman–Crippen LogP) is 9.77. The maximum atomic E-state index is 12.8. The molecule has 9 heteroatoms. The van der Waals surface area contributed by atoms with E-state index in [9.17, 15) is 9.59 Å². The van der Waals surface area contributed by atoms with Crippen LogP contribution in [0.4, 0.5) is 5.69 Å². The molecular weight excluding hydrogens is 661 g/mol. The fraction of sp³-hybridized carbons (Fsp3) is 0.364. The van der Waals surface area contributed by atoms with Crippen LogP contribution >= 0.6 is 0 Å². The van der Waals surface area contributed by atoms with E-state index >= 15 is 0 Å². The van der Waals surface area contributed by atoms with Gasteiger partial charge in [0.2, 0.25) is 5.91 Å². The molecule has 6 N–H and O–H groups in total. The van der Waals surface area contributed by atoms with Gasteiger partial charge in [-0.1, -0.05) is 90.9 Å². The molecule has 0 bridgehead atoms. The fourth-order valence-corrected chi connectivity index (χ4v) is 4.39. The molecule has 53 heavy (non-hydrogen) atoms. The van der Waals surface area contributed by atoms with E-state index in [1.165, 1.54) is 5.57 Å². The van der Waals surface area contributed by atoms with Crippen molar-refractivity contribution in [2.75, 3.05) is 6.54 Å². The highest BCUT2D eigenvalue weighted by molar-refractivity contribution is 6.04. The summed E-state index contributed by atoms with van der Waals surface area (Å²) in [4.78, 5) is 31.6. The van der Waals surface area contributed by atoms with Crippen molar-refractivity contribution in [2.45, 2.75) is 94.5 Å². The lowest BCUT2D eigenvalue weighted by Gasteiger charge is -2.16. The van der Waals surface area contributed by atoms with Crippen LogP contribution in [0.15, 0.2) is 114 Å². The third-order valence-electron chi connectivity index (χ3n) is 7.98. The second-order valence-corrected chi connectivity index (χ2v) is 12.1. The van der Waals surface area contributed by atoms with E-state index in [2.05, 4.69) is 62.0 Å². The van der Waals surface area contributed by atoms with Gasteiger partial charge in [0.25, 0.3) is 5.91 Å². The smallest absolute Gasteiger partial charge is 0.251 e. The first kappa shape index (κ1) is 45.6. The largest absolute Gasteiger partial charge is 0.457 e. The number of ether oxygens (including phenoxy) is 1. The van der Waals surface area contributed by atoms with Gasteiger partial charge < -0.3 is 26.8 Å². The summed E-state index contributed by atoms with van der Waals surface area (Å²) in [6, 6.07) is 27.2. The molecule has 2 amide bonds. The zero-order valence-corrected chi connectivity index (χ0v) is 33.3. The molecule has 0 spiro atoms. The number of benzene rings is 3. The number of hydrogen-bond acceptors (Lipinski definition) is 7. The maximum absolute atomic E-state index is 12.8. The van der Waals surface area contributed by atoms with E-state index in [4.69, 9.17) is 15.5 Å². The van der Waals surface area contributed by atoms with Gasteiger partial charge in [-0.05, 0) is 104 Å². The molecule has 9 nitrogen and oxygen atoms in total. The number of hydrogen-bond donors (Lipinski definition) is 4. The highest BCUT2D eigenvalue weighted by Gasteiger charge is 2.15. The van der Waals surface area contributed by atoms with Crippen molar-refractivity contribution < 1.29 is 14.3 Å². The molecule has 0 saturated heterocycles. The lowest BCUT2D eigenvalue weighted by molar-refractivity contribution is -0.117. The fourth-order valence-electron chi connectivity index (χ4n) is 4.39. The zero-order chi connectivity index (χ0) is 39.6. The van der Waals surface area contributed by atoms with Crippen molar-refractivity contribution >= 4 is 23.2 Å². The number of para-hydroxylation sites is 1. The summed E-state index contributed by atoms with van der Waals surface area (Å²) in [5, 5.41) is 6.11. The van der Waals surface area contributed by atoms with E-state index in [1.807, 2.05) is 99.6 Å². The van der Waals surface area contributed by atoms with Crippen LogP contribution in [0, 0.1) is 12.8 Å². The number of primary amides is 1. The van der Waals surface area contributed by atoms with Gasteiger partial charge in [0.15, 0.2) is 0 Å². The number of aromatic nitrogens is 1. The number of amides is 2. The third kappa shape index (κ3) is 17.6. The first-order valence-corrected chi connectivity index (χ1v) is 18.7. The molecule has 1 unspecified atom stereocenters. The summed E-state index contributed by atoms with van der Waals surface area (Å²) in [7, 11) is 0. The number of nitrogens with zero attached hydrogens (tertiary/aromatic N) is 2. The third-order valence-corrected chi connectivity index (χ3v) is 7.98. The SMILES string of the molecule is CC.CCC(C)C(=Nc1cc(C(=O)NCc2cccnc2)ccc1C)c1cccc(Oc2ccccc2)c1.CCC(N)=O.CCCN/C(N)=C(\C)CC. The van der Waals surface area contributed by atoms with Crippen molar-refractivity contribution in [1.29, 1.82) is 0 Å². The highest BCUT2D eigenvalue weighted by atomic mass is 16.5. The summed E-state index contributed by atoms with van der Waals surface area (Å²) in [6.45, 7) is 19.7. The number of allylic oxidation sites excluding steroid dienone is 1. The van der Waals surface area contributed by atoms with Crippen LogP contribution in [0.25, 0.3) is 0 Å². The van der Waals surface area contributed by atoms with Gasteiger partial charge in [0, 0.05) is 37.5 Å². The topological polar surface area (TPSA) is 145 Å². The summed E-state index contributed by atoms with van der Waals surface area (Å²) >= 11 is 0. The van der Waals surface area contributed by atoms with Crippen molar-refractivity contribution in [2.24, 2.45) is 22.4 Å². The molecule has 1 heterocycles. The summed E-state index contributed by atoms with van der Waals surface area (Å²) in [5.41, 5.74) is 16.9. The summed E-state index contributed by atoms with van der Waals surface area (Å²) < 4.78 is 6.06. The Balaban J connectivity index is 0.000000691. The van der Waals surface area contributed by atoms with Crippen LogP contribution in [0.1, 0.15) is 108 Å². The van der Waals surface area contributed by atoms with Gasteiger partial charge in [0.05, 0.1) is 17.2 Å².